The number of hydrogen-bond donors (Lipinski definition) is 1. The average molecular weight is 630 g/mol. The van der Waals surface area contributed by atoms with Gasteiger partial charge in [-0.25, -0.2) is 13.8 Å². The van der Waals surface area contributed by atoms with E-state index in [-0.39, 0.29) is 29.2 Å². The van der Waals surface area contributed by atoms with Gasteiger partial charge in [0.25, 0.3) is 17.9 Å². The lowest BCUT2D eigenvalue weighted by Gasteiger charge is -2.33. The van der Waals surface area contributed by atoms with E-state index in [1.807, 2.05) is 43.0 Å². The van der Waals surface area contributed by atoms with Crippen LogP contribution < -0.4 is 10.9 Å². The molecule has 2 bridgehead atoms. The van der Waals surface area contributed by atoms with E-state index in [9.17, 15) is 18.4 Å². The van der Waals surface area contributed by atoms with Gasteiger partial charge in [-0.1, -0.05) is 37.6 Å². The number of aromatic nitrogens is 3. The van der Waals surface area contributed by atoms with Crippen LogP contribution in [0.15, 0.2) is 58.3 Å². The van der Waals surface area contributed by atoms with Crippen molar-refractivity contribution >= 4 is 23.3 Å². The molecule has 0 unspecified atom stereocenters. The van der Waals surface area contributed by atoms with E-state index in [1.54, 1.807) is 22.1 Å². The van der Waals surface area contributed by atoms with Crippen LogP contribution in [0, 0.1) is 0 Å². The maximum absolute atomic E-state index is 14.7. The molecule has 0 saturated carbocycles. The zero-order valence-corrected chi connectivity index (χ0v) is 26.8. The van der Waals surface area contributed by atoms with E-state index in [2.05, 4.69) is 24.1 Å². The van der Waals surface area contributed by atoms with Crippen molar-refractivity contribution in [3.63, 3.8) is 0 Å². The third kappa shape index (κ3) is 6.01. The van der Waals surface area contributed by atoms with Crippen LogP contribution in [-0.2, 0) is 12.8 Å². The van der Waals surface area contributed by atoms with Crippen LogP contribution in [0.4, 0.5) is 8.78 Å². The summed E-state index contributed by atoms with van der Waals surface area (Å²) in [5.41, 5.74) is 5.68. The van der Waals surface area contributed by atoms with Gasteiger partial charge in [0.05, 0.1) is 28.2 Å². The molecule has 7 nitrogen and oxygen atoms in total. The highest BCUT2D eigenvalue weighted by molar-refractivity contribution is 7.13. The quantitative estimate of drug-likeness (QED) is 0.225. The van der Waals surface area contributed by atoms with Crippen LogP contribution in [0.1, 0.15) is 79.8 Å². The number of fused-ring (bicyclic) bond motifs is 2. The van der Waals surface area contributed by atoms with Gasteiger partial charge in [0.1, 0.15) is 10.7 Å². The molecule has 0 spiro atoms. The minimum absolute atomic E-state index is 0.105. The van der Waals surface area contributed by atoms with Crippen molar-refractivity contribution in [1.82, 2.24) is 24.8 Å². The zero-order valence-electron chi connectivity index (χ0n) is 25.9. The molecule has 1 aromatic carbocycles. The lowest BCUT2D eigenvalue weighted by atomic mass is 9.99. The predicted molar refractivity (Wildman–Crippen MR) is 175 cm³/mol. The molecule has 5 heterocycles. The molecule has 2 aliphatic heterocycles. The number of allylic oxidation sites excluding steroid dienone is 1. The number of halogens is 2. The predicted octanol–water partition coefficient (Wildman–Crippen LogP) is 7.09. The van der Waals surface area contributed by atoms with Crippen molar-refractivity contribution < 1.29 is 13.6 Å². The summed E-state index contributed by atoms with van der Waals surface area (Å²) in [4.78, 5) is 39.8. The number of thiazole rings is 1. The van der Waals surface area contributed by atoms with Crippen molar-refractivity contribution in [1.29, 1.82) is 0 Å². The highest BCUT2D eigenvalue weighted by Gasteiger charge is 2.36. The lowest BCUT2D eigenvalue weighted by Crippen LogP contribution is -2.53. The van der Waals surface area contributed by atoms with Crippen LogP contribution >= 0.6 is 11.3 Å². The molecule has 2 atom stereocenters. The monoisotopic (exact) mass is 629 g/mol. The Balaban J connectivity index is 1.58. The van der Waals surface area contributed by atoms with Gasteiger partial charge in [0.15, 0.2) is 0 Å². The largest absolute Gasteiger partial charge is 0.335 e. The lowest BCUT2D eigenvalue weighted by molar-refractivity contribution is 0.0696. The Hall–Kier alpha value is -4.02. The van der Waals surface area contributed by atoms with Crippen molar-refractivity contribution in [2.45, 2.75) is 71.9 Å². The highest BCUT2D eigenvalue weighted by atomic mass is 32.1. The number of pyridine rings is 2. The molecule has 234 valence electrons. The summed E-state index contributed by atoms with van der Waals surface area (Å²) in [5.74, 6) is -0.105. The second-order valence-corrected chi connectivity index (χ2v) is 12.9. The third-order valence-corrected chi connectivity index (χ3v) is 9.50. The average Bonchev–Trinajstić information content (AvgIpc) is 3.66. The molecule has 0 aliphatic carbocycles. The Morgan fingerprint density at radius 2 is 1.78 bits per heavy atom. The molecule has 3 aromatic heterocycles. The van der Waals surface area contributed by atoms with Crippen LogP contribution in [0.25, 0.3) is 33.6 Å². The van der Waals surface area contributed by atoms with E-state index in [4.69, 9.17) is 4.98 Å². The van der Waals surface area contributed by atoms with Gasteiger partial charge >= 0.3 is 0 Å². The number of benzene rings is 1. The van der Waals surface area contributed by atoms with Crippen LogP contribution in [-0.4, -0.2) is 50.5 Å². The number of para-hydroxylation sites is 1. The summed E-state index contributed by atoms with van der Waals surface area (Å²) in [6.07, 6.45) is 4.14. The SMILES string of the molecule is CCc1cccc(CC)c1-n1c(C=C(C)C)c(C(=O)N2C[C@H]3CC[C@@H](C2)N3)cc(-c2nc(-c3ccc(C(F)F)nc3)cs2)c1=O. The fourth-order valence-electron chi connectivity index (χ4n) is 6.44. The van der Waals surface area contributed by atoms with Gasteiger partial charge in [0, 0.05) is 42.3 Å². The van der Waals surface area contributed by atoms with Gasteiger partial charge < -0.3 is 10.2 Å². The number of hydrogen-bond acceptors (Lipinski definition) is 6. The third-order valence-electron chi connectivity index (χ3n) is 8.63. The highest BCUT2D eigenvalue weighted by Crippen LogP contribution is 2.33. The van der Waals surface area contributed by atoms with Crippen molar-refractivity contribution in [2.75, 3.05) is 13.1 Å². The summed E-state index contributed by atoms with van der Waals surface area (Å²) >= 11 is 1.28. The number of rotatable bonds is 8. The molecule has 6 rings (SSSR count). The first-order valence-electron chi connectivity index (χ1n) is 15.5. The second kappa shape index (κ2) is 12.8. The number of amides is 1. The standard InChI is InChI=1S/C35H37F2N5O2S/c1-5-21-8-7-9-22(6-2)31(21)42-30(14-20(3)4)26(34(43)41-17-24-11-12-25(18-41)39-24)15-27(35(42)44)33-40-29(19-45-33)23-10-13-28(32(36)37)38-16-23/h7-10,13-16,19,24-25,32,39H,5-6,11-12,17-18H2,1-4H3/t24-,25+. The molecule has 10 heteroatoms. The van der Waals surface area contributed by atoms with E-state index in [0.29, 0.717) is 59.0 Å². The van der Waals surface area contributed by atoms with Gasteiger partial charge in [0.2, 0.25) is 0 Å². The number of piperazine rings is 1. The van der Waals surface area contributed by atoms with E-state index >= 15 is 0 Å². The molecule has 2 fully saturated rings. The van der Waals surface area contributed by atoms with Gasteiger partial charge in [-0.05, 0) is 74.9 Å². The Labute approximate surface area is 265 Å². The second-order valence-electron chi connectivity index (χ2n) is 12.0. The van der Waals surface area contributed by atoms with Gasteiger partial charge in [-0.3, -0.25) is 19.1 Å². The molecular formula is C35H37F2N5O2S. The first kappa shape index (κ1) is 31.0. The van der Waals surface area contributed by atoms with Crippen molar-refractivity contribution in [2.24, 2.45) is 0 Å². The minimum atomic E-state index is -2.66. The minimum Gasteiger partial charge on any atom is -0.335 e. The first-order chi connectivity index (χ1) is 21.7. The smallest absolute Gasteiger partial charge is 0.280 e. The van der Waals surface area contributed by atoms with Crippen LogP contribution in [0.2, 0.25) is 0 Å². The summed E-state index contributed by atoms with van der Waals surface area (Å²) < 4.78 is 27.9. The van der Waals surface area contributed by atoms with Gasteiger partial charge in [-0.2, -0.15) is 0 Å². The molecule has 0 radical (unpaired) electrons. The number of alkyl halides is 2. The number of carbonyl (C=O) groups excluding carboxylic acids is 1. The van der Waals surface area contributed by atoms with Crippen molar-refractivity contribution in [3.8, 4) is 27.5 Å². The molecule has 1 amide bonds. The number of aryl methyl sites for hydroxylation is 2. The molecular weight excluding hydrogens is 592 g/mol. The number of carbonyl (C=O) groups is 1. The molecule has 2 aliphatic rings. The Kier molecular flexibility index (Phi) is 8.79. The Bertz CT molecular complexity index is 1790. The van der Waals surface area contributed by atoms with E-state index in [0.717, 1.165) is 35.2 Å². The van der Waals surface area contributed by atoms with Crippen LogP contribution in [0.5, 0.6) is 0 Å². The molecule has 4 aromatic rings. The molecule has 1 N–H and O–H groups in total. The van der Waals surface area contributed by atoms with E-state index in [1.165, 1.54) is 23.6 Å². The number of likely N-dealkylation sites (tertiary alicyclic amines) is 1. The van der Waals surface area contributed by atoms with Crippen molar-refractivity contribution in [3.05, 3.63) is 92.0 Å². The Morgan fingerprint density at radius 1 is 1.09 bits per heavy atom. The fourth-order valence-corrected chi connectivity index (χ4v) is 7.28. The van der Waals surface area contributed by atoms with Gasteiger partial charge in [-0.15, -0.1) is 11.3 Å². The summed E-state index contributed by atoms with van der Waals surface area (Å²) in [6.45, 7) is 9.30. The van der Waals surface area contributed by atoms with Crippen LogP contribution in [0.3, 0.4) is 0 Å². The first-order valence-corrected chi connectivity index (χ1v) is 16.4. The summed E-state index contributed by atoms with van der Waals surface area (Å²) in [5, 5.41) is 5.84. The normalized spacial score (nSPS) is 17.6. The Morgan fingerprint density at radius 3 is 2.36 bits per heavy atom. The maximum atomic E-state index is 14.7. The zero-order chi connectivity index (χ0) is 31.8. The summed E-state index contributed by atoms with van der Waals surface area (Å²) in [7, 11) is 0. The maximum Gasteiger partial charge on any atom is 0.280 e. The fraction of sp³-hybridized carbons (Fsp3) is 0.371. The number of nitrogens with one attached hydrogen (secondary N) is 1. The molecule has 2 saturated heterocycles. The van der Waals surface area contributed by atoms with E-state index < -0.39 is 6.43 Å². The molecule has 45 heavy (non-hydrogen) atoms. The number of nitrogens with zero attached hydrogens (tertiary/aromatic N) is 4. The summed E-state index contributed by atoms with van der Waals surface area (Å²) in [6, 6.07) is 11.2. The topological polar surface area (TPSA) is 80.1 Å².